The summed E-state index contributed by atoms with van der Waals surface area (Å²) < 4.78 is 1.03. The Morgan fingerprint density at radius 2 is 2.16 bits per heavy atom. The van der Waals surface area contributed by atoms with Gasteiger partial charge in [-0.25, -0.2) is 4.79 Å². The van der Waals surface area contributed by atoms with Crippen LogP contribution in [0.1, 0.15) is 19.3 Å². The smallest absolute Gasteiger partial charge is 0.319 e. The molecule has 2 rings (SSSR count). The van der Waals surface area contributed by atoms with Crippen molar-refractivity contribution in [3.05, 3.63) is 27.8 Å². The summed E-state index contributed by atoms with van der Waals surface area (Å²) in [6.45, 7) is 0. The van der Waals surface area contributed by atoms with Gasteiger partial charge >= 0.3 is 12.0 Å². The molecule has 2 amide bonds. The molecule has 1 aromatic rings. The third kappa shape index (κ3) is 4.70. The molecule has 0 saturated heterocycles. The van der Waals surface area contributed by atoms with Gasteiger partial charge in [-0.15, -0.1) is 0 Å². The maximum Gasteiger partial charge on any atom is 0.319 e. The van der Waals surface area contributed by atoms with E-state index in [1.807, 2.05) is 18.2 Å². The van der Waals surface area contributed by atoms with Gasteiger partial charge < -0.3 is 15.7 Å². The van der Waals surface area contributed by atoms with E-state index in [1.165, 1.54) is 0 Å². The summed E-state index contributed by atoms with van der Waals surface area (Å²) in [6, 6.07) is 6.81. The molecule has 1 aliphatic carbocycles. The Balaban J connectivity index is 1.90. The second-order valence-corrected chi connectivity index (χ2v) is 5.90. The van der Waals surface area contributed by atoms with Crippen LogP contribution in [0.15, 0.2) is 24.3 Å². The van der Waals surface area contributed by atoms with Gasteiger partial charge in [0, 0.05) is 15.3 Å². The van der Waals surface area contributed by atoms with Gasteiger partial charge in [-0.2, -0.15) is 0 Å². The molecule has 102 valence electrons. The zero-order valence-corrected chi connectivity index (χ0v) is 12.4. The van der Waals surface area contributed by atoms with Crippen LogP contribution in [0.2, 0.25) is 0 Å². The highest BCUT2D eigenvalue weighted by atomic mass is 127. The molecule has 6 heteroatoms. The number of carboxylic acid groups (broad SMARTS) is 1. The Morgan fingerprint density at radius 1 is 1.42 bits per heavy atom. The van der Waals surface area contributed by atoms with Gasteiger partial charge in [0.15, 0.2) is 0 Å². The van der Waals surface area contributed by atoms with Crippen molar-refractivity contribution in [2.75, 3.05) is 5.32 Å². The lowest BCUT2D eigenvalue weighted by Crippen LogP contribution is -2.40. The Hall–Kier alpha value is -1.31. The van der Waals surface area contributed by atoms with Crippen LogP contribution < -0.4 is 10.6 Å². The summed E-state index contributed by atoms with van der Waals surface area (Å²) in [7, 11) is 0. The van der Waals surface area contributed by atoms with Crippen LogP contribution in [0, 0.1) is 9.49 Å². The first-order valence-corrected chi connectivity index (χ1v) is 7.17. The number of amides is 2. The molecule has 5 nitrogen and oxygen atoms in total. The second kappa shape index (κ2) is 6.23. The van der Waals surface area contributed by atoms with E-state index in [0.29, 0.717) is 11.6 Å². The summed E-state index contributed by atoms with van der Waals surface area (Å²) in [6.07, 6.45) is 1.95. The van der Waals surface area contributed by atoms with E-state index in [-0.39, 0.29) is 18.5 Å². The number of aliphatic carboxylic acids is 1. The number of carboxylic acids is 1. The molecule has 1 aliphatic rings. The number of urea groups is 1. The lowest BCUT2D eigenvalue weighted by molar-refractivity contribution is -0.137. The molecular weight excluding hydrogens is 359 g/mol. The molecule has 1 atom stereocenters. The van der Waals surface area contributed by atoms with Crippen molar-refractivity contribution in [1.29, 1.82) is 0 Å². The van der Waals surface area contributed by atoms with E-state index in [9.17, 15) is 9.59 Å². The average molecular weight is 374 g/mol. The highest BCUT2D eigenvalue weighted by Crippen LogP contribution is 2.34. The van der Waals surface area contributed by atoms with Gasteiger partial charge in [-0.1, -0.05) is 6.07 Å². The van der Waals surface area contributed by atoms with E-state index in [1.54, 1.807) is 6.07 Å². The Morgan fingerprint density at radius 3 is 2.74 bits per heavy atom. The minimum atomic E-state index is -0.883. The standard InChI is InChI=1S/C13H15IN2O3/c14-9-2-1-3-10(6-9)15-13(19)16-11(7-12(17)18)8-4-5-8/h1-3,6,8,11H,4-5,7H2,(H,17,18)(H2,15,16,19). The van der Waals surface area contributed by atoms with Crippen LogP contribution in [0.4, 0.5) is 10.5 Å². The van der Waals surface area contributed by atoms with Crippen molar-refractivity contribution in [3.63, 3.8) is 0 Å². The summed E-state index contributed by atoms with van der Waals surface area (Å²) in [5.74, 6) is -0.579. The fourth-order valence-electron chi connectivity index (χ4n) is 1.92. The van der Waals surface area contributed by atoms with Crippen LogP contribution in [0.5, 0.6) is 0 Å². The number of halogens is 1. The largest absolute Gasteiger partial charge is 0.481 e. The molecule has 0 radical (unpaired) electrons. The number of hydrogen-bond acceptors (Lipinski definition) is 2. The van der Waals surface area contributed by atoms with E-state index >= 15 is 0 Å². The number of carbonyl (C=O) groups excluding carboxylic acids is 1. The number of benzene rings is 1. The lowest BCUT2D eigenvalue weighted by atomic mass is 10.1. The SMILES string of the molecule is O=C(O)CC(NC(=O)Nc1cccc(I)c1)C1CC1. The normalized spacial score (nSPS) is 15.6. The number of nitrogens with one attached hydrogen (secondary N) is 2. The molecular formula is C13H15IN2O3. The minimum Gasteiger partial charge on any atom is -0.481 e. The van der Waals surface area contributed by atoms with Crippen molar-refractivity contribution < 1.29 is 14.7 Å². The van der Waals surface area contributed by atoms with E-state index < -0.39 is 5.97 Å². The van der Waals surface area contributed by atoms with Crippen LogP contribution in [-0.2, 0) is 4.79 Å². The molecule has 19 heavy (non-hydrogen) atoms. The molecule has 1 unspecified atom stereocenters. The zero-order chi connectivity index (χ0) is 13.8. The number of carbonyl (C=O) groups is 2. The predicted molar refractivity (Wildman–Crippen MR) is 80.1 cm³/mol. The Kier molecular flexibility index (Phi) is 4.62. The monoisotopic (exact) mass is 374 g/mol. The molecule has 1 aromatic carbocycles. The first-order valence-electron chi connectivity index (χ1n) is 6.09. The fraction of sp³-hybridized carbons (Fsp3) is 0.385. The van der Waals surface area contributed by atoms with Gasteiger partial charge in [0.2, 0.25) is 0 Å². The quantitative estimate of drug-likeness (QED) is 0.694. The van der Waals surface area contributed by atoms with E-state index in [0.717, 1.165) is 16.4 Å². The minimum absolute atomic E-state index is 0.0234. The molecule has 0 spiro atoms. The van der Waals surface area contributed by atoms with E-state index in [2.05, 4.69) is 33.2 Å². The lowest BCUT2D eigenvalue weighted by Gasteiger charge is -2.16. The second-order valence-electron chi connectivity index (χ2n) is 4.65. The summed E-state index contributed by atoms with van der Waals surface area (Å²) in [5, 5.41) is 14.3. The molecule has 1 saturated carbocycles. The van der Waals surface area contributed by atoms with Crippen molar-refractivity contribution in [3.8, 4) is 0 Å². The van der Waals surface area contributed by atoms with Gasteiger partial charge in [-0.05, 0) is 59.5 Å². The molecule has 0 bridgehead atoms. The summed E-state index contributed by atoms with van der Waals surface area (Å²) in [5.41, 5.74) is 0.703. The average Bonchev–Trinajstić information content (AvgIpc) is 3.10. The van der Waals surface area contributed by atoms with E-state index in [4.69, 9.17) is 5.11 Å². The fourth-order valence-corrected chi connectivity index (χ4v) is 2.47. The number of anilines is 1. The van der Waals surface area contributed by atoms with Crippen molar-refractivity contribution in [2.24, 2.45) is 5.92 Å². The molecule has 0 aliphatic heterocycles. The van der Waals surface area contributed by atoms with Crippen LogP contribution in [0.3, 0.4) is 0 Å². The highest BCUT2D eigenvalue weighted by Gasteiger charge is 2.33. The van der Waals surface area contributed by atoms with Gasteiger partial charge in [0.25, 0.3) is 0 Å². The molecule has 1 fully saturated rings. The first-order chi connectivity index (χ1) is 9.04. The zero-order valence-electron chi connectivity index (χ0n) is 10.2. The van der Waals surface area contributed by atoms with Crippen molar-refractivity contribution in [2.45, 2.75) is 25.3 Å². The molecule has 0 aromatic heterocycles. The maximum atomic E-state index is 11.8. The Bertz CT molecular complexity index is 489. The molecule has 0 heterocycles. The van der Waals surface area contributed by atoms with Crippen LogP contribution in [0.25, 0.3) is 0 Å². The van der Waals surface area contributed by atoms with Crippen LogP contribution in [-0.4, -0.2) is 23.1 Å². The summed E-state index contributed by atoms with van der Waals surface area (Å²) >= 11 is 2.16. The predicted octanol–water partition coefficient (Wildman–Crippen LogP) is 2.67. The molecule has 3 N–H and O–H groups in total. The summed E-state index contributed by atoms with van der Waals surface area (Å²) in [4.78, 5) is 22.6. The Labute approximate surface area is 124 Å². The third-order valence-electron chi connectivity index (χ3n) is 2.98. The van der Waals surface area contributed by atoms with Crippen molar-refractivity contribution >= 4 is 40.3 Å². The van der Waals surface area contributed by atoms with Gasteiger partial charge in [-0.3, -0.25) is 4.79 Å². The van der Waals surface area contributed by atoms with Crippen LogP contribution >= 0.6 is 22.6 Å². The third-order valence-corrected chi connectivity index (χ3v) is 3.66. The number of rotatable bonds is 5. The number of hydrogen-bond donors (Lipinski definition) is 3. The van der Waals surface area contributed by atoms with Crippen molar-refractivity contribution in [1.82, 2.24) is 5.32 Å². The van der Waals surface area contributed by atoms with Gasteiger partial charge in [0.1, 0.15) is 0 Å². The first kappa shape index (κ1) is 14.1. The highest BCUT2D eigenvalue weighted by molar-refractivity contribution is 14.1. The topological polar surface area (TPSA) is 78.4 Å². The maximum absolute atomic E-state index is 11.8. The van der Waals surface area contributed by atoms with Gasteiger partial charge in [0.05, 0.1) is 6.42 Å².